The van der Waals surface area contributed by atoms with Gasteiger partial charge < -0.3 is 5.32 Å². The Morgan fingerprint density at radius 1 is 1.20 bits per heavy atom. The van der Waals surface area contributed by atoms with Crippen LogP contribution in [0.15, 0.2) is 30.3 Å². The summed E-state index contributed by atoms with van der Waals surface area (Å²) < 4.78 is 0. The van der Waals surface area contributed by atoms with Crippen LogP contribution < -0.4 is 5.32 Å². The second-order valence-electron chi connectivity index (χ2n) is 4.33. The van der Waals surface area contributed by atoms with Crippen LogP contribution in [0.25, 0.3) is 6.08 Å². The van der Waals surface area contributed by atoms with Crippen LogP contribution >= 0.6 is 0 Å². The Bertz CT molecular complexity index is 318. The first-order valence-corrected chi connectivity index (χ1v) is 5.83. The molecule has 0 aliphatic carbocycles. The van der Waals surface area contributed by atoms with Gasteiger partial charge in [0, 0.05) is 6.04 Å². The first kappa shape index (κ1) is 10.4. The summed E-state index contributed by atoms with van der Waals surface area (Å²) in [4.78, 5) is 0. The molecule has 1 aromatic rings. The van der Waals surface area contributed by atoms with E-state index in [0.29, 0.717) is 6.04 Å². The van der Waals surface area contributed by atoms with Crippen LogP contribution in [0.1, 0.15) is 30.4 Å². The van der Waals surface area contributed by atoms with E-state index in [-0.39, 0.29) is 0 Å². The number of hydrogen-bond acceptors (Lipinski definition) is 1. The molecule has 0 spiro atoms. The molecule has 0 radical (unpaired) electrons. The Kier molecular flexibility index (Phi) is 3.57. The topological polar surface area (TPSA) is 12.0 Å². The molecule has 1 unspecified atom stereocenters. The summed E-state index contributed by atoms with van der Waals surface area (Å²) in [5, 5.41) is 3.51. The van der Waals surface area contributed by atoms with E-state index in [9.17, 15) is 0 Å². The first-order valence-electron chi connectivity index (χ1n) is 5.83. The molecule has 1 aromatic carbocycles. The van der Waals surface area contributed by atoms with Gasteiger partial charge in [0.2, 0.25) is 0 Å². The molecular weight excluding hydrogens is 182 g/mol. The maximum absolute atomic E-state index is 3.51. The predicted octanol–water partition coefficient (Wildman–Crippen LogP) is 3.15. The summed E-state index contributed by atoms with van der Waals surface area (Å²) in [5.41, 5.74) is 2.62. The van der Waals surface area contributed by atoms with Gasteiger partial charge in [-0.05, 0) is 31.9 Å². The summed E-state index contributed by atoms with van der Waals surface area (Å²) >= 11 is 0. The van der Waals surface area contributed by atoms with E-state index >= 15 is 0 Å². The lowest BCUT2D eigenvalue weighted by Gasteiger charge is -2.19. The summed E-state index contributed by atoms with van der Waals surface area (Å²) in [5.74, 6) is 0. The second kappa shape index (κ2) is 5.13. The van der Waals surface area contributed by atoms with Crippen LogP contribution in [0.4, 0.5) is 0 Å². The standard InChI is InChI=1S/C14H19N/c1-12-5-7-13(8-6-12)9-10-14-4-2-3-11-15-14/h5-10,14-15H,2-4,11H2,1H3/b10-9+. The van der Waals surface area contributed by atoms with Crippen LogP contribution in [0.2, 0.25) is 0 Å². The molecule has 0 saturated carbocycles. The molecule has 1 heterocycles. The smallest absolute Gasteiger partial charge is 0.0253 e. The molecule has 1 N–H and O–H groups in total. The van der Waals surface area contributed by atoms with Gasteiger partial charge in [-0.1, -0.05) is 48.4 Å². The average Bonchev–Trinajstić information content (AvgIpc) is 2.30. The van der Waals surface area contributed by atoms with Gasteiger partial charge >= 0.3 is 0 Å². The zero-order valence-electron chi connectivity index (χ0n) is 9.37. The van der Waals surface area contributed by atoms with E-state index in [0.717, 1.165) is 0 Å². The molecule has 1 aliphatic rings. The normalized spacial score (nSPS) is 22.1. The monoisotopic (exact) mass is 201 g/mol. The highest BCUT2D eigenvalue weighted by Crippen LogP contribution is 2.11. The van der Waals surface area contributed by atoms with Crippen molar-refractivity contribution >= 4 is 6.08 Å². The third-order valence-electron chi connectivity index (χ3n) is 2.95. The molecule has 80 valence electrons. The average molecular weight is 201 g/mol. The SMILES string of the molecule is Cc1ccc(/C=C/C2CCCCN2)cc1. The van der Waals surface area contributed by atoms with E-state index in [1.807, 2.05) is 0 Å². The summed E-state index contributed by atoms with van der Waals surface area (Å²) in [7, 11) is 0. The summed E-state index contributed by atoms with van der Waals surface area (Å²) in [6.45, 7) is 3.29. The fraction of sp³-hybridized carbons (Fsp3) is 0.429. The summed E-state index contributed by atoms with van der Waals surface area (Å²) in [6, 6.07) is 9.26. The molecule has 1 atom stereocenters. The van der Waals surface area contributed by atoms with Crippen LogP contribution in [0.5, 0.6) is 0 Å². The quantitative estimate of drug-likeness (QED) is 0.775. The first-order chi connectivity index (χ1) is 7.34. The van der Waals surface area contributed by atoms with Gasteiger partial charge in [0.25, 0.3) is 0 Å². The number of benzene rings is 1. The second-order valence-corrected chi connectivity index (χ2v) is 4.33. The molecule has 1 saturated heterocycles. The van der Waals surface area contributed by atoms with Crippen LogP contribution in [-0.4, -0.2) is 12.6 Å². The van der Waals surface area contributed by atoms with E-state index in [2.05, 4.69) is 48.7 Å². The number of nitrogens with one attached hydrogen (secondary N) is 1. The molecule has 0 bridgehead atoms. The van der Waals surface area contributed by atoms with Crippen molar-refractivity contribution in [3.05, 3.63) is 41.5 Å². The van der Waals surface area contributed by atoms with Gasteiger partial charge in [-0.3, -0.25) is 0 Å². The number of piperidine rings is 1. The maximum atomic E-state index is 3.51. The minimum absolute atomic E-state index is 0.583. The van der Waals surface area contributed by atoms with Gasteiger partial charge in [-0.25, -0.2) is 0 Å². The van der Waals surface area contributed by atoms with E-state index in [1.54, 1.807) is 0 Å². The molecule has 1 heteroatoms. The highest BCUT2D eigenvalue weighted by atomic mass is 14.9. The minimum atomic E-state index is 0.583. The van der Waals surface area contributed by atoms with Crippen LogP contribution in [-0.2, 0) is 0 Å². The fourth-order valence-corrected chi connectivity index (χ4v) is 1.95. The molecule has 15 heavy (non-hydrogen) atoms. The van der Waals surface area contributed by atoms with Crippen molar-refractivity contribution < 1.29 is 0 Å². The van der Waals surface area contributed by atoms with Crippen molar-refractivity contribution in [2.24, 2.45) is 0 Å². The fourth-order valence-electron chi connectivity index (χ4n) is 1.95. The van der Waals surface area contributed by atoms with Crippen LogP contribution in [0.3, 0.4) is 0 Å². The Morgan fingerprint density at radius 3 is 2.67 bits per heavy atom. The lowest BCUT2D eigenvalue weighted by atomic mass is 10.0. The van der Waals surface area contributed by atoms with E-state index in [4.69, 9.17) is 0 Å². The number of aryl methyl sites for hydroxylation is 1. The molecule has 1 nitrogen and oxygen atoms in total. The van der Waals surface area contributed by atoms with Gasteiger partial charge in [0.05, 0.1) is 0 Å². The zero-order valence-corrected chi connectivity index (χ0v) is 9.37. The predicted molar refractivity (Wildman–Crippen MR) is 65.9 cm³/mol. The van der Waals surface area contributed by atoms with Crippen molar-refractivity contribution in [2.45, 2.75) is 32.2 Å². The highest BCUT2D eigenvalue weighted by molar-refractivity contribution is 5.50. The largest absolute Gasteiger partial charge is 0.311 e. The highest BCUT2D eigenvalue weighted by Gasteiger charge is 2.07. The van der Waals surface area contributed by atoms with Crippen LogP contribution in [0, 0.1) is 6.92 Å². The van der Waals surface area contributed by atoms with E-state index < -0.39 is 0 Å². The maximum Gasteiger partial charge on any atom is 0.0253 e. The van der Waals surface area contributed by atoms with Crippen molar-refractivity contribution in [1.82, 2.24) is 5.32 Å². The van der Waals surface area contributed by atoms with Crippen molar-refractivity contribution in [2.75, 3.05) is 6.54 Å². The third-order valence-corrected chi connectivity index (χ3v) is 2.95. The summed E-state index contributed by atoms with van der Waals surface area (Å²) in [6.07, 6.45) is 8.49. The lowest BCUT2D eigenvalue weighted by Crippen LogP contribution is -2.31. The lowest BCUT2D eigenvalue weighted by molar-refractivity contribution is 0.455. The van der Waals surface area contributed by atoms with Crippen molar-refractivity contribution in [3.8, 4) is 0 Å². The Balaban J connectivity index is 1.95. The Labute approximate surface area is 92.2 Å². The molecule has 1 fully saturated rings. The van der Waals surface area contributed by atoms with Gasteiger partial charge in [0.1, 0.15) is 0 Å². The zero-order chi connectivity index (χ0) is 10.5. The van der Waals surface area contributed by atoms with Gasteiger partial charge in [0.15, 0.2) is 0 Å². The molecular formula is C14H19N. The molecule has 2 rings (SSSR count). The third kappa shape index (κ3) is 3.21. The number of hydrogen-bond donors (Lipinski definition) is 1. The number of rotatable bonds is 2. The van der Waals surface area contributed by atoms with E-state index in [1.165, 1.54) is 36.9 Å². The van der Waals surface area contributed by atoms with Gasteiger partial charge in [-0.2, -0.15) is 0 Å². The molecule has 0 amide bonds. The molecule has 1 aliphatic heterocycles. The molecule has 0 aromatic heterocycles. The Hall–Kier alpha value is -1.08. The Morgan fingerprint density at radius 2 is 2.00 bits per heavy atom. The van der Waals surface area contributed by atoms with Crippen molar-refractivity contribution in [3.63, 3.8) is 0 Å². The van der Waals surface area contributed by atoms with Gasteiger partial charge in [-0.15, -0.1) is 0 Å². The van der Waals surface area contributed by atoms with Crippen molar-refractivity contribution in [1.29, 1.82) is 0 Å². The minimum Gasteiger partial charge on any atom is -0.311 e.